The van der Waals surface area contributed by atoms with Gasteiger partial charge >= 0.3 is 0 Å². The second-order valence-electron chi connectivity index (χ2n) is 4.69. The molecule has 20 heavy (non-hydrogen) atoms. The maximum absolute atomic E-state index is 12.4. The fourth-order valence-corrected chi connectivity index (χ4v) is 5.70. The van der Waals surface area contributed by atoms with Gasteiger partial charge in [-0.1, -0.05) is 15.9 Å². The summed E-state index contributed by atoms with van der Waals surface area (Å²) in [5.41, 5.74) is 0. The quantitative estimate of drug-likeness (QED) is 0.806. The molecule has 0 bridgehead atoms. The van der Waals surface area contributed by atoms with Crippen LogP contribution in [0.15, 0.2) is 33.6 Å². The van der Waals surface area contributed by atoms with Gasteiger partial charge in [-0.05, 0) is 24.3 Å². The third-order valence-electron chi connectivity index (χ3n) is 3.25. The van der Waals surface area contributed by atoms with Crippen LogP contribution in [-0.4, -0.2) is 56.9 Å². The van der Waals surface area contributed by atoms with Crippen molar-refractivity contribution in [1.82, 2.24) is 4.31 Å². The monoisotopic (exact) mass is 383 g/mol. The van der Waals surface area contributed by atoms with E-state index in [1.54, 1.807) is 12.1 Å². The van der Waals surface area contributed by atoms with Crippen LogP contribution >= 0.6 is 15.9 Å². The molecule has 1 aromatic carbocycles. The van der Waals surface area contributed by atoms with E-state index in [1.165, 1.54) is 19.2 Å². The zero-order valence-electron chi connectivity index (χ0n) is 10.6. The van der Waals surface area contributed by atoms with E-state index >= 15 is 0 Å². The topological polar surface area (TPSA) is 91.8 Å². The van der Waals surface area contributed by atoms with Gasteiger partial charge in [0.15, 0.2) is 9.84 Å². The van der Waals surface area contributed by atoms with E-state index in [0.717, 1.165) is 8.78 Å². The van der Waals surface area contributed by atoms with Crippen LogP contribution < -0.4 is 0 Å². The van der Waals surface area contributed by atoms with Crippen LogP contribution in [0.4, 0.5) is 0 Å². The Morgan fingerprint density at radius 3 is 2.25 bits per heavy atom. The Bertz CT molecular complexity index is 699. The molecule has 0 aromatic heterocycles. The van der Waals surface area contributed by atoms with Gasteiger partial charge in [-0.2, -0.15) is 4.31 Å². The average Bonchev–Trinajstić information content (AvgIpc) is 2.62. The van der Waals surface area contributed by atoms with E-state index < -0.39 is 37.8 Å². The predicted octanol–water partition coefficient (Wildman–Crippen LogP) is 0.228. The van der Waals surface area contributed by atoms with E-state index in [4.69, 9.17) is 0 Å². The summed E-state index contributed by atoms with van der Waals surface area (Å²) in [6.07, 6.45) is -1.20. The number of benzene rings is 1. The lowest BCUT2D eigenvalue weighted by Crippen LogP contribution is -2.44. The van der Waals surface area contributed by atoms with Crippen molar-refractivity contribution in [1.29, 1.82) is 0 Å². The first-order valence-electron chi connectivity index (χ1n) is 5.75. The molecule has 0 spiro atoms. The minimum absolute atomic E-state index is 0.0553. The third kappa shape index (κ3) is 3.06. The molecule has 1 aliphatic rings. The highest BCUT2D eigenvalue weighted by molar-refractivity contribution is 9.10. The fraction of sp³-hybridized carbons (Fsp3) is 0.455. The Morgan fingerprint density at radius 2 is 1.80 bits per heavy atom. The molecule has 1 heterocycles. The molecule has 112 valence electrons. The Balaban J connectivity index is 2.33. The molecular formula is C11H14BrNO5S2. The van der Waals surface area contributed by atoms with E-state index in [2.05, 4.69) is 15.9 Å². The first kappa shape index (κ1) is 15.9. The Labute approximate surface area is 126 Å². The first-order chi connectivity index (χ1) is 9.13. The van der Waals surface area contributed by atoms with Gasteiger partial charge in [0.05, 0.1) is 28.5 Å². The van der Waals surface area contributed by atoms with E-state index in [1.807, 2.05) is 0 Å². The van der Waals surface area contributed by atoms with Gasteiger partial charge in [0.25, 0.3) is 0 Å². The summed E-state index contributed by atoms with van der Waals surface area (Å²) < 4.78 is 49.4. The summed E-state index contributed by atoms with van der Waals surface area (Å²) in [7, 11) is -5.95. The minimum atomic E-state index is -3.83. The molecule has 9 heteroatoms. The molecular weight excluding hydrogens is 370 g/mol. The molecule has 1 aromatic rings. The Hall–Kier alpha value is -0.480. The molecule has 0 saturated carbocycles. The zero-order chi connectivity index (χ0) is 15.1. The van der Waals surface area contributed by atoms with E-state index in [9.17, 15) is 21.9 Å². The lowest BCUT2D eigenvalue weighted by molar-refractivity contribution is 0.137. The fourth-order valence-electron chi connectivity index (χ4n) is 2.11. The predicted molar refractivity (Wildman–Crippen MR) is 77.5 cm³/mol. The molecule has 2 atom stereocenters. The van der Waals surface area contributed by atoms with Crippen LogP contribution in [0, 0.1) is 0 Å². The molecule has 0 unspecified atom stereocenters. The molecule has 0 aliphatic carbocycles. The average molecular weight is 384 g/mol. The summed E-state index contributed by atoms with van der Waals surface area (Å²) >= 11 is 3.21. The second-order valence-corrected chi connectivity index (χ2v) is 9.75. The number of aliphatic hydroxyl groups excluding tert-OH is 1. The van der Waals surface area contributed by atoms with Crippen LogP contribution in [-0.2, 0) is 19.9 Å². The molecule has 0 amide bonds. The number of hydrogen-bond donors (Lipinski definition) is 1. The first-order valence-corrected chi connectivity index (χ1v) is 9.81. The molecule has 1 fully saturated rings. The van der Waals surface area contributed by atoms with Crippen molar-refractivity contribution in [2.24, 2.45) is 0 Å². The summed E-state index contributed by atoms with van der Waals surface area (Å²) in [5.74, 6) is -0.766. The number of hydrogen-bond acceptors (Lipinski definition) is 5. The summed E-state index contributed by atoms with van der Waals surface area (Å²) in [6, 6.07) is 5.07. The normalized spacial score (nSPS) is 26.0. The maximum atomic E-state index is 12.4. The highest BCUT2D eigenvalue weighted by Crippen LogP contribution is 2.24. The van der Waals surface area contributed by atoms with Gasteiger partial charge in [0, 0.05) is 11.5 Å². The highest BCUT2D eigenvalue weighted by Gasteiger charge is 2.42. The van der Waals surface area contributed by atoms with Gasteiger partial charge in [0.2, 0.25) is 10.0 Å². The highest BCUT2D eigenvalue weighted by atomic mass is 79.9. The van der Waals surface area contributed by atoms with Crippen molar-refractivity contribution >= 4 is 35.8 Å². The molecule has 1 aliphatic heterocycles. The van der Waals surface area contributed by atoms with Gasteiger partial charge in [-0.25, -0.2) is 16.8 Å². The smallest absolute Gasteiger partial charge is 0.243 e. The number of rotatable bonds is 3. The van der Waals surface area contributed by atoms with Crippen LogP contribution in [0.2, 0.25) is 0 Å². The van der Waals surface area contributed by atoms with Crippen molar-refractivity contribution in [2.75, 3.05) is 18.6 Å². The van der Waals surface area contributed by atoms with Gasteiger partial charge < -0.3 is 5.11 Å². The number of halogens is 1. The second kappa shape index (κ2) is 5.38. The molecule has 0 radical (unpaired) electrons. The summed E-state index contributed by atoms with van der Waals surface area (Å²) in [5, 5.41) is 9.76. The van der Waals surface area contributed by atoms with Crippen LogP contribution in [0.1, 0.15) is 0 Å². The Kier molecular flexibility index (Phi) is 4.27. The Morgan fingerprint density at radius 1 is 1.25 bits per heavy atom. The number of sulfonamides is 1. The lowest BCUT2D eigenvalue weighted by atomic mass is 10.2. The number of aliphatic hydroxyl groups is 1. The minimum Gasteiger partial charge on any atom is -0.390 e. The molecule has 2 rings (SSSR count). The SMILES string of the molecule is CN([C@H]1CS(=O)(=O)C[C@@H]1O)S(=O)(=O)c1ccc(Br)cc1. The van der Waals surface area contributed by atoms with Gasteiger partial charge in [0.1, 0.15) is 0 Å². The largest absolute Gasteiger partial charge is 0.390 e. The van der Waals surface area contributed by atoms with Crippen molar-refractivity contribution < 1.29 is 21.9 Å². The lowest BCUT2D eigenvalue weighted by Gasteiger charge is -2.25. The van der Waals surface area contributed by atoms with Crippen LogP contribution in [0.25, 0.3) is 0 Å². The standard InChI is InChI=1S/C11H14BrNO5S2/c1-13(10-6-19(15,16)7-11(10)14)20(17,18)9-4-2-8(12)3-5-9/h2-5,10-11,14H,6-7H2,1H3/t10-,11-/m0/s1. The van der Waals surface area contributed by atoms with E-state index in [0.29, 0.717) is 0 Å². The summed E-state index contributed by atoms with van der Waals surface area (Å²) in [4.78, 5) is 0.0553. The van der Waals surface area contributed by atoms with Gasteiger partial charge in [-0.3, -0.25) is 0 Å². The van der Waals surface area contributed by atoms with Crippen molar-refractivity contribution in [3.8, 4) is 0 Å². The van der Waals surface area contributed by atoms with E-state index in [-0.39, 0.29) is 10.6 Å². The van der Waals surface area contributed by atoms with Gasteiger partial charge in [-0.15, -0.1) is 0 Å². The number of nitrogens with zero attached hydrogens (tertiary/aromatic N) is 1. The van der Waals surface area contributed by atoms with Crippen LogP contribution in [0.5, 0.6) is 0 Å². The number of sulfone groups is 1. The molecule has 1 saturated heterocycles. The van der Waals surface area contributed by atoms with Crippen molar-refractivity contribution in [2.45, 2.75) is 17.0 Å². The van der Waals surface area contributed by atoms with Crippen molar-refractivity contribution in [3.63, 3.8) is 0 Å². The molecule has 1 N–H and O–H groups in total. The summed E-state index contributed by atoms with van der Waals surface area (Å²) in [6.45, 7) is 0. The number of likely N-dealkylation sites (N-methyl/N-ethyl adjacent to an activating group) is 1. The third-order valence-corrected chi connectivity index (χ3v) is 7.38. The molecule has 6 nitrogen and oxygen atoms in total. The maximum Gasteiger partial charge on any atom is 0.243 e. The zero-order valence-corrected chi connectivity index (χ0v) is 13.8. The van der Waals surface area contributed by atoms with Crippen molar-refractivity contribution in [3.05, 3.63) is 28.7 Å². The van der Waals surface area contributed by atoms with Crippen LogP contribution in [0.3, 0.4) is 0 Å².